The zero-order valence-corrected chi connectivity index (χ0v) is 17.1. The van der Waals surface area contributed by atoms with Crippen LogP contribution in [0.25, 0.3) is 22.0 Å². The maximum atomic E-state index is 10.9. The number of phenolic OH excluding ortho intramolecular Hbond substituents is 1. The fourth-order valence-electron chi connectivity index (χ4n) is 4.23. The van der Waals surface area contributed by atoms with Crippen molar-refractivity contribution in [3.8, 4) is 22.6 Å². The number of aromatic hydroxyl groups is 1. The Labute approximate surface area is 179 Å². The molecule has 1 aliphatic heterocycles. The summed E-state index contributed by atoms with van der Waals surface area (Å²) in [5.41, 5.74) is 7.97. The third-order valence-corrected chi connectivity index (χ3v) is 5.94. The molecule has 1 unspecified atom stereocenters. The van der Waals surface area contributed by atoms with Crippen molar-refractivity contribution in [3.05, 3.63) is 42.6 Å². The lowest BCUT2D eigenvalue weighted by atomic mass is 9.92. The molecule has 0 spiro atoms. The first-order valence-electron chi connectivity index (χ1n) is 10.6. The maximum Gasteiger partial charge on any atom is 0.404 e. The number of carbonyl (C=O) groups is 1. The molecule has 2 aromatic carbocycles. The summed E-state index contributed by atoms with van der Waals surface area (Å²) in [6.45, 7) is 0.732. The van der Waals surface area contributed by atoms with Crippen molar-refractivity contribution in [1.82, 2.24) is 9.78 Å². The van der Waals surface area contributed by atoms with E-state index in [-0.39, 0.29) is 24.2 Å². The maximum absolute atomic E-state index is 10.9. The second-order valence-corrected chi connectivity index (χ2v) is 8.13. The second kappa shape index (κ2) is 8.11. The standard InChI is InChI=1S/C23H25N3O5/c24-23(28)31-18-11-17(12-18)30-21-10-15(14-4-6-16(27)7-5-14)9-20-19(21)13-25-26(20)22-3-1-2-8-29-22/h4-7,9-10,13,17-18,22,27H,1-3,8,11-12H2,(H2,24,28). The van der Waals surface area contributed by atoms with E-state index in [1.54, 1.807) is 12.1 Å². The topological polar surface area (TPSA) is 109 Å². The van der Waals surface area contributed by atoms with E-state index in [2.05, 4.69) is 11.2 Å². The third kappa shape index (κ3) is 4.03. The van der Waals surface area contributed by atoms with E-state index in [0.717, 1.165) is 53.6 Å². The molecule has 0 radical (unpaired) electrons. The van der Waals surface area contributed by atoms with Gasteiger partial charge in [0.05, 0.1) is 17.1 Å². The number of aromatic nitrogens is 2. The van der Waals surface area contributed by atoms with Crippen LogP contribution in [0, 0.1) is 0 Å². The van der Waals surface area contributed by atoms with Gasteiger partial charge in [0.25, 0.3) is 0 Å². The predicted molar refractivity (Wildman–Crippen MR) is 114 cm³/mol. The lowest BCUT2D eigenvalue weighted by Crippen LogP contribution is -2.41. The number of rotatable bonds is 5. The molecule has 1 amide bonds. The van der Waals surface area contributed by atoms with Crippen LogP contribution >= 0.6 is 0 Å². The molecule has 2 heterocycles. The van der Waals surface area contributed by atoms with Crippen molar-refractivity contribution in [3.63, 3.8) is 0 Å². The van der Waals surface area contributed by atoms with Crippen molar-refractivity contribution >= 4 is 17.0 Å². The van der Waals surface area contributed by atoms with Crippen LogP contribution in [0.3, 0.4) is 0 Å². The van der Waals surface area contributed by atoms with Gasteiger partial charge in [0, 0.05) is 19.4 Å². The molecule has 31 heavy (non-hydrogen) atoms. The van der Waals surface area contributed by atoms with Crippen LogP contribution in [0.1, 0.15) is 38.3 Å². The van der Waals surface area contributed by atoms with Crippen LogP contribution < -0.4 is 10.5 Å². The fourth-order valence-corrected chi connectivity index (χ4v) is 4.23. The molecule has 3 aromatic rings. The number of primary amides is 1. The van der Waals surface area contributed by atoms with Crippen molar-refractivity contribution in [1.29, 1.82) is 0 Å². The molecule has 1 aromatic heterocycles. The number of fused-ring (bicyclic) bond motifs is 1. The first-order chi connectivity index (χ1) is 15.1. The largest absolute Gasteiger partial charge is 0.508 e. The number of hydrogen-bond acceptors (Lipinski definition) is 6. The highest BCUT2D eigenvalue weighted by atomic mass is 16.6. The van der Waals surface area contributed by atoms with Crippen molar-refractivity contribution in [2.45, 2.75) is 50.5 Å². The Balaban J connectivity index is 1.49. The molecule has 5 rings (SSSR count). The molecule has 2 fully saturated rings. The van der Waals surface area contributed by atoms with Crippen LogP contribution in [0.4, 0.5) is 4.79 Å². The van der Waals surface area contributed by atoms with E-state index >= 15 is 0 Å². The quantitative estimate of drug-likeness (QED) is 0.639. The van der Waals surface area contributed by atoms with E-state index in [1.807, 2.05) is 29.1 Å². The van der Waals surface area contributed by atoms with E-state index in [1.165, 1.54) is 0 Å². The lowest BCUT2D eigenvalue weighted by molar-refractivity contribution is -0.0366. The third-order valence-electron chi connectivity index (χ3n) is 5.94. The second-order valence-electron chi connectivity index (χ2n) is 8.13. The van der Waals surface area contributed by atoms with Crippen molar-refractivity contribution in [2.24, 2.45) is 5.73 Å². The molecule has 2 aliphatic rings. The Kier molecular flexibility index (Phi) is 5.15. The molecule has 8 nitrogen and oxygen atoms in total. The van der Waals surface area contributed by atoms with Gasteiger partial charge in [0.2, 0.25) is 0 Å². The number of amides is 1. The molecule has 162 valence electrons. The summed E-state index contributed by atoms with van der Waals surface area (Å²) in [5, 5.41) is 15.2. The van der Waals surface area contributed by atoms with Crippen LogP contribution in [-0.2, 0) is 9.47 Å². The summed E-state index contributed by atoms with van der Waals surface area (Å²) in [6.07, 6.45) is 5.02. The lowest BCUT2D eigenvalue weighted by Gasteiger charge is -2.34. The van der Waals surface area contributed by atoms with Gasteiger partial charge in [0.15, 0.2) is 6.23 Å². The Morgan fingerprint density at radius 2 is 1.94 bits per heavy atom. The highest BCUT2D eigenvalue weighted by molar-refractivity contribution is 5.90. The summed E-state index contributed by atoms with van der Waals surface area (Å²) in [7, 11) is 0. The van der Waals surface area contributed by atoms with Gasteiger partial charge in [-0.05, 0) is 54.7 Å². The SMILES string of the molecule is NC(=O)OC1CC(Oc2cc(-c3ccc(O)cc3)cc3c2cnn3C2CCCCO2)C1. The number of benzene rings is 2. The normalized spacial score (nSPS) is 23.3. The summed E-state index contributed by atoms with van der Waals surface area (Å²) < 4.78 is 19.2. The average Bonchev–Trinajstić information content (AvgIpc) is 3.17. The molecule has 1 saturated heterocycles. The number of ether oxygens (including phenoxy) is 3. The van der Waals surface area contributed by atoms with Gasteiger partial charge < -0.3 is 25.1 Å². The number of carbonyl (C=O) groups excluding carboxylic acids is 1. The number of phenols is 1. The minimum atomic E-state index is -0.756. The van der Waals surface area contributed by atoms with Crippen molar-refractivity contribution in [2.75, 3.05) is 6.61 Å². The molecule has 1 atom stereocenters. The fraction of sp³-hybridized carbons (Fsp3) is 0.391. The van der Waals surface area contributed by atoms with E-state index in [9.17, 15) is 9.90 Å². The summed E-state index contributed by atoms with van der Waals surface area (Å²) >= 11 is 0. The Morgan fingerprint density at radius 1 is 1.13 bits per heavy atom. The molecular formula is C23H25N3O5. The van der Waals surface area contributed by atoms with Gasteiger partial charge in [-0.1, -0.05) is 12.1 Å². The molecular weight excluding hydrogens is 398 g/mol. The Bertz CT molecular complexity index is 1080. The van der Waals surface area contributed by atoms with Crippen LogP contribution in [-0.4, -0.2) is 39.8 Å². The summed E-state index contributed by atoms with van der Waals surface area (Å²) in [6, 6.07) is 11.2. The van der Waals surface area contributed by atoms with Crippen LogP contribution in [0.2, 0.25) is 0 Å². The Hall–Kier alpha value is -3.26. The highest BCUT2D eigenvalue weighted by Gasteiger charge is 2.34. The number of nitrogens with two attached hydrogens (primary N) is 1. The van der Waals surface area contributed by atoms with E-state index < -0.39 is 6.09 Å². The molecule has 0 bridgehead atoms. The van der Waals surface area contributed by atoms with Gasteiger partial charge >= 0.3 is 6.09 Å². The Morgan fingerprint density at radius 3 is 2.65 bits per heavy atom. The van der Waals surface area contributed by atoms with E-state index in [0.29, 0.717) is 12.8 Å². The number of nitrogens with zero attached hydrogens (tertiary/aromatic N) is 2. The monoisotopic (exact) mass is 423 g/mol. The van der Waals surface area contributed by atoms with Crippen LogP contribution in [0.15, 0.2) is 42.6 Å². The first kappa shape index (κ1) is 19.7. The minimum Gasteiger partial charge on any atom is -0.508 e. The minimum absolute atomic E-state index is 0.0584. The van der Waals surface area contributed by atoms with Gasteiger partial charge in [-0.3, -0.25) is 0 Å². The van der Waals surface area contributed by atoms with Gasteiger partial charge in [-0.15, -0.1) is 0 Å². The predicted octanol–water partition coefficient (Wildman–Crippen LogP) is 4.11. The molecule has 1 aliphatic carbocycles. The average molecular weight is 423 g/mol. The molecule has 8 heteroatoms. The number of hydrogen-bond donors (Lipinski definition) is 2. The first-order valence-corrected chi connectivity index (χ1v) is 10.6. The zero-order valence-electron chi connectivity index (χ0n) is 17.1. The summed E-state index contributed by atoms with van der Waals surface area (Å²) in [5.74, 6) is 0.946. The molecule has 1 saturated carbocycles. The van der Waals surface area contributed by atoms with Gasteiger partial charge in [0.1, 0.15) is 23.7 Å². The summed E-state index contributed by atoms with van der Waals surface area (Å²) in [4.78, 5) is 10.9. The van der Waals surface area contributed by atoms with Crippen molar-refractivity contribution < 1.29 is 24.1 Å². The van der Waals surface area contributed by atoms with Gasteiger partial charge in [-0.25, -0.2) is 9.48 Å². The smallest absolute Gasteiger partial charge is 0.404 e. The zero-order chi connectivity index (χ0) is 21.4. The highest BCUT2D eigenvalue weighted by Crippen LogP contribution is 2.38. The molecule has 3 N–H and O–H groups in total. The van der Waals surface area contributed by atoms with Crippen LogP contribution in [0.5, 0.6) is 11.5 Å². The van der Waals surface area contributed by atoms with E-state index in [4.69, 9.17) is 19.9 Å². The van der Waals surface area contributed by atoms with Gasteiger partial charge in [-0.2, -0.15) is 5.10 Å².